The fraction of sp³-hybridized carbons (Fsp3) is 0.143. The molecule has 4 aromatic rings. The molecule has 3 nitrogen and oxygen atoms in total. The van der Waals surface area contributed by atoms with E-state index < -0.39 is 0 Å². The van der Waals surface area contributed by atoms with Crippen LogP contribution >= 0.6 is 0 Å². The quantitative estimate of drug-likeness (QED) is 0.581. The first-order valence-corrected chi connectivity index (χ1v) is 8.12. The molecule has 1 N–H and O–H groups in total. The van der Waals surface area contributed by atoms with Gasteiger partial charge >= 0.3 is 0 Å². The molecule has 3 aromatic carbocycles. The third kappa shape index (κ3) is 2.48. The Morgan fingerprint density at radius 3 is 2.17 bits per heavy atom. The van der Waals surface area contributed by atoms with Crippen LogP contribution in [-0.4, -0.2) is 15.4 Å². The van der Waals surface area contributed by atoms with Crippen molar-refractivity contribution in [3.05, 3.63) is 83.9 Å². The van der Waals surface area contributed by atoms with Gasteiger partial charge in [-0.25, -0.2) is 0 Å². The molecule has 0 radical (unpaired) electrons. The number of H-pyrrole nitrogens is 1. The standard InChI is InChI=1S/C21H19N3/c1-21(2,17-6-4-3-5-7-17)18-11-8-15(9-12-18)16-10-13-19-20(14-16)23-24-22-19/h3-14H,1-2H3,(H,22,23,24). The van der Waals surface area contributed by atoms with Gasteiger partial charge in [0.1, 0.15) is 5.52 Å². The lowest BCUT2D eigenvalue weighted by molar-refractivity contribution is 0.641. The summed E-state index contributed by atoms with van der Waals surface area (Å²) in [5, 5.41) is 10.8. The largest absolute Gasteiger partial charge is 0.258 e. The summed E-state index contributed by atoms with van der Waals surface area (Å²) in [4.78, 5) is 0. The van der Waals surface area contributed by atoms with E-state index in [0.717, 1.165) is 16.6 Å². The first-order valence-electron chi connectivity index (χ1n) is 8.12. The second kappa shape index (κ2) is 5.60. The molecule has 24 heavy (non-hydrogen) atoms. The SMILES string of the molecule is CC(C)(c1ccccc1)c1ccc(-c2ccc3nn[nH]c3c2)cc1. The minimum Gasteiger partial charge on any atom is -0.258 e. The molecule has 4 rings (SSSR count). The van der Waals surface area contributed by atoms with E-state index in [1.807, 2.05) is 6.07 Å². The maximum Gasteiger partial charge on any atom is 0.112 e. The number of aromatic nitrogens is 3. The number of aromatic amines is 1. The van der Waals surface area contributed by atoms with Crippen LogP contribution in [0.25, 0.3) is 22.2 Å². The molecule has 0 bridgehead atoms. The van der Waals surface area contributed by atoms with Crippen LogP contribution < -0.4 is 0 Å². The highest BCUT2D eigenvalue weighted by atomic mass is 15.3. The fourth-order valence-corrected chi connectivity index (χ4v) is 3.13. The summed E-state index contributed by atoms with van der Waals surface area (Å²) in [6, 6.07) is 25.6. The van der Waals surface area contributed by atoms with E-state index in [4.69, 9.17) is 0 Å². The minimum absolute atomic E-state index is 0.0168. The molecule has 0 spiro atoms. The number of nitrogens with one attached hydrogen (secondary N) is 1. The van der Waals surface area contributed by atoms with Gasteiger partial charge in [-0.3, -0.25) is 5.10 Å². The fourth-order valence-electron chi connectivity index (χ4n) is 3.13. The second-order valence-corrected chi connectivity index (χ2v) is 6.61. The van der Waals surface area contributed by atoms with Crippen molar-refractivity contribution >= 4 is 11.0 Å². The van der Waals surface area contributed by atoms with Crippen LogP contribution in [-0.2, 0) is 5.41 Å². The van der Waals surface area contributed by atoms with E-state index in [9.17, 15) is 0 Å². The molecule has 0 fully saturated rings. The molecule has 118 valence electrons. The maximum atomic E-state index is 4.03. The van der Waals surface area contributed by atoms with Crippen LogP contribution in [0.4, 0.5) is 0 Å². The maximum absolute atomic E-state index is 4.03. The zero-order valence-electron chi connectivity index (χ0n) is 13.8. The van der Waals surface area contributed by atoms with Crippen molar-refractivity contribution in [2.75, 3.05) is 0 Å². The highest BCUT2D eigenvalue weighted by molar-refractivity contribution is 5.80. The lowest BCUT2D eigenvalue weighted by atomic mass is 9.78. The molecule has 1 aromatic heterocycles. The molecule has 0 saturated heterocycles. The van der Waals surface area contributed by atoms with Crippen LogP contribution in [0.2, 0.25) is 0 Å². The molecule has 0 aliphatic carbocycles. The van der Waals surface area contributed by atoms with E-state index >= 15 is 0 Å². The molecular weight excluding hydrogens is 294 g/mol. The summed E-state index contributed by atoms with van der Waals surface area (Å²) in [6.45, 7) is 4.53. The van der Waals surface area contributed by atoms with Crippen LogP contribution in [0.3, 0.4) is 0 Å². The van der Waals surface area contributed by atoms with E-state index in [2.05, 4.69) is 96.0 Å². The zero-order chi connectivity index (χ0) is 16.6. The summed E-state index contributed by atoms with van der Waals surface area (Å²) >= 11 is 0. The number of hydrogen-bond donors (Lipinski definition) is 1. The number of nitrogens with zero attached hydrogens (tertiary/aromatic N) is 2. The van der Waals surface area contributed by atoms with Gasteiger partial charge in [-0.1, -0.05) is 79.7 Å². The first kappa shape index (κ1) is 14.6. The lowest BCUT2D eigenvalue weighted by Gasteiger charge is -2.26. The summed E-state index contributed by atoms with van der Waals surface area (Å²) in [5.74, 6) is 0. The summed E-state index contributed by atoms with van der Waals surface area (Å²) < 4.78 is 0. The highest BCUT2D eigenvalue weighted by Gasteiger charge is 2.22. The molecule has 1 heterocycles. The molecule has 0 amide bonds. The van der Waals surface area contributed by atoms with E-state index in [0.29, 0.717) is 0 Å². The van der Waals surface area contributed by atoms with Gasteiger partial charge in [-0.05, 0) is 34.4 Å². The van der Waals surface area contributed by atoms with Gasteiger partial charge in [-0.15, -0.1) is 5.10 Å². The Balaban J connectivity index is 1.69. The van der Waals surface area contributed by atoms with Crippen molar-refractivity contribution in [1.29, 1.82) is 0 Å². The molecule has 0 aliphatic heterocycles. The topological polar surface area (TPSA) is 41.6 Å². The number of hydrogen-bond acceptors (Lipinski definition) is 2. The Kier molecular flexibility index (Phi) is 3.42. The van der Waals surface area contributed by atoms with Gasteiger partial charge in [0, 0.05) is 5.41 Å². The van der Waals surface area contributed by atoms with Gasteiger partial charge in [0.2, 0.25) is 0 Å². The summed E-state index contributed by atoms with van der Waals surface area (Å²) in [5.41, 5.74) is 6.82. The normalized spacial score (nSPS) is 11.8. The predicted octanol–water partition coefficient (Wildman–Crippen LogP) is 4.95. The molecule has 0 aliphatic rings. The molecule has 0 atom stereocenters. The number of fused-ring (bicyclic) bond motifs is 1. The monoisotopic (exact) mass is 313 g/mol. The average molecular weight is 313 g/mol. The zero-order valence-corrected chi connectivity index (χ0v) is 13.8. The first-order chi connectivity index (χ1) is 11.6. The van der Waals surface area contributed by atoms with E-state index in [-0.39, 0.29) is 5.41 Å². The Morgan fingerprint density at radius 2 is 1.42 bits per heavy atom. The lowest BCUT2D eigenvalue weighted by Crippen LogP contribution is -2.18. The van der Waals surface area contributed by atoms with E-state index in [1.165, 1.54) is 16.7 Å². The van der Waals surface area contributed by atoms with Gasteiger partial charge < -0.3 is 0 Å². The van der Waals surface area contributed by atoms with E-state index in [1.54, 1.807) is 0 Å². The van der Waals surface area contributed by atoms with Crippen LogP contribution in [0.1, 0.15) is 25.0 Å². The highest BCUT2D eigenvalue weighted by Crippen LogP contribution is 2.32. The van der Waals surface area contributed by atoms with Crippen molar-refractivity contribution in [3.63, 3.8) is 0 Å². The minimum atomic E-state index is -0.0168. The third-order valence-corrected chi connectivity index (χ3v) is 4.76. The molecular formula is C21H19N3. The summed E-state index contributed by atoms with van der Waals surface area (Å²) in [6.07, 6.45) is 0. The van der Waals surface area contributed by atoms with Crippen LogP contribution in [0, 0.1) is 0 Å². The number of benzene rings is 3. The average Bonchev–Trinajstić information content (AvgIpc) is 3.10. The Hall–Kier alpha value is -2.94. The molecule has 0 unspecified atom stereocenters. The van der Waals surface area contributed by atoms with Crippen molar-refractivity contribution in [3.8, 4) is 11.1 Å². The van der Waals surface area contributed by atoms with Crippen molar-refractivity contribution in [2.24, 2.45) is 0 Å². The Labute approximate surface area is 141 Å². The third-order valence-electron chi connectivity index (χ3n) is 4.76. The Morgan fingerprint density at radius 1 is 0.750 bits per heavy atom. The number of rotatable bonds is 3. The summed E-state index contributed by atoms with van der Waals surface area (Å²) in [7, 11) is 0. The van der Waals surface area contributed by atoms with Crippen LogP contribution in [0.15, 0.2) is 72.8 Å². The van der Waals surface area contributed by atoms with Crippen molar-refractivity contribution in [1.82, 2.24) is 15.4 Å². The van der Waals surface area contributed by atoms with Gasteiger partial charge in [0.15, 0.2) is 0 Å². The smallest absolute Gasteiger partial charge is 0.112 e. The van der Waals surface area contributed by atoms with Gasteiger partial charge in [0.05, 0.1) is 5.52 Å². The molecule has 3 heteroatoms. The van der Waals surface area contributed by atoms with Crippen molar-refractivity contribution in [2.45, 2.75) is 19.3 Å². The predicted molar refractivity (Wildman–Crippen MR) is 97.9 cm³/mol. The van der Waals surface area contributed by atoms with Crippen LogP contribution in [0.5, 0.6) is 0 Å². The van der Waals surface area contributed by atoms with Gasteiger partial charge in [0.25, 0.3) is 0 Å². The molecule has 0 saturated carbocycles. The van der Waals surface area contributed by atoms with Crippen molar-refractivity contribution < 1.29 is 0 Å². The Bertz CT molecular complexity index is 967. The van der Waals surface area contributed by atoms with Gasteiger partial charge in [-0.2, -0.15) is 0 Å². The second-order valence-electron chi connectivity index (χ2n) is 6.61.